The average molecular weight is 549 g/mol. The Labute approximate surface area is 230 Å². The zero-order valence-electron chi connectivity index (χ0n) is 23.5. The van der Waals surface area contributed by atoms with Crippen LogP contribution in [0.5, 0.6) is 0 Å². The first-order valence-electron chi connectivity index (χ1n) is 14.8. The van der Waals surface area contributed by atoms with E-state index in [4.69, 9.17) is 18.9 Å². The minimum absolute atomic E-state index is 0.0238. The lowest BCUT2D eigenvalue weighted by molar-refractivity contribution is -0.274. The van der Waals surface area contributed by atoms with Gasteiger partial charge in [-0.15, -0.1) is 0 Å². The molecule has 0 spiro atoms. The average Bonchev–Trinajstić information content (AvgIpc) is 3.45. The number of carbonyl (C=O) groups is 2. The maximum Gasteiger partial charge on any atom is 0.331 e. The number of aliphatic hydroxyl groups excluding tert-OH is 2. The molecule has 0 aromatic rings. The van der Waals surface area contributed by atoms with E-state index in [2.05, 4.69) is 6.92 Å². The number of aliphatic hydroxyl groups is 3. The van der Waals surface area contributed by atoms with Crippen LogP contribution in [-0.4, -0.2) is 83.2 Å². The molecule has 0 bridgehead atoms. The van der Waals surface area contributed by atoms with Crippen LogP contribution >= 0.6 is 0 Å². The van der Waals surface area contributed by atoms with Crippen LogP contribution in [-0.2, 0) is 28.5 Å². The summed E-state index contributed by atoms with van der Waals surface area (Å²) in [5.41, 5.74) is -1.80. The van der Waals surface area contributed by atoms with Gasteiger partial charge in [-0.25, -0.2) is 4.79 Å². The van der Waals surface area contributed by atoms with Gasteiger partial charge in [-0.05, 0) is 80.6 Å². The third-order valence-corrected chi connectivity index (χ3v) is 12.1. The number of methoxy groups -OCH3 is 1. The SMILES string of the molecule is CO[C@@H]1C[C@H](O[C@H]2CC[C@@]3(C)[C@H](CC[C@@H]4[C@@H]3C(=O)[C@H](O)[C@]3(C)[C@@H](C5=CC(=O)OC5)CC[C@]43O)C2)O[C@H](C)[C@@H]1O. The van der Waals surface area contributed by atoms with E-state index in [9.17, 15) is 24.9 Å². The molecule has 0 aromatic heterocycles. The van der Waals surface area contributed by atoms with Crippen LogP contribution in [0.25, 0.3) is 0 Å². The van der Waals surface area contributed by atoms with Gasteiger partial charge in [0.05, 0.1) is 23.9 Å². The summed E-state index contributed by atoms with van der Waals surface area (Å²) in [5, 5.41) is 34.3. The van der Waals surface area contributed by atoms with Crippen molar-refractivity contribution < 1.29 is 43.9 Å². The van der Waals surface area contributed by atoms with Crippen LogP contribution in [0.4, 0.5) is 0 Å². The van der Waals surface area contributed by atoms with E-state index < -0.39 is 41.4 Å². The lowest BCUT2D eigenvalue weighted by atomic mass is 9.42. The molecule has 4 saturated carbocycles. The topological polar surface area (TPSA) is 132 Å². The number of hydrogen-bond donors (Lipinski definition) is 3. The molecule has 0 amide bonds. The standard InChI is InChI=1S/C30H44O9/c1-15-25(32)21(36-4)13-23(38-15)39-18-7-9-28(2)17(12-18)5-6-20-24(28)26(33)27(34)29(3)19(8-10-30(20,29)35)16-11-22(31)37-14-16/h11,15,17-21,23-25,27,32,34-35H,5-10,12-14H2,1-4H3/t15-,17-,18+,19-,20-,21-,23+,24-,25+,27+,28+,29+,30+/m1/s1. The molecule has 218 valence electrons. The van der Waals surface area contributed by atoms with Crippen LogP contribution in [0.1, 0.15) is 72.1 Å². The fourth-order valence-corrected chi connectivity index (χ4v) is 9.82. The van der Waals surface area contributed by atoms with Gasteiger partial charge < -0.3 is 34.3 Å². The quantitative estimate of drug-likeness (QED) is 0.358. The predicted molar refractivity (Wildman–Crippen MR) is 138 cm³/mol. The maximum atomic E-state index is 14.1. The van der Waals surface area contributed by atoms with Crippen molar-refractivity contribution in [2.24, 2.45) is 34.5 Å². The van der Waals surface area contributed by atoms with Gasteiger partial charge in [-0.2, -0.15) is 0 Å². The second-order valence-electron chi connectivity index (χ2n) is 13.6. The smallest absolute Gasteiger partial charge is 0.331 e. The molecule has 13 atom stereocenters. The molecule has 0 unspecified atom stereocenters. The van der Waals surface area contributed by atoms with Crippen molar-refractivity contribution in [1.29, 1.82) is 0 Å². The number of ketones is 1. The van der Waals surface area contributed by atoms with E-state index in [-0.39, 0.29) is 53.9 Å². The highest BCUT2D eigenvalue weighted by atomic mass is 16.7. The van der Waals surface area contributed by atoms with Crippen LogP contribution in [0.15, 0.2) is 11.6 Å². The molecule has 1 saturated heterocycles. The van der Waals surface area contributed by atoms with Crippen molar-refractivity contribution in [2.75, 3.05) is 13.7 Å². The number of rotatable bonds is 4. The highest BCUT2D eigenvalue weighted by Crippen LogP contribution is 2.69. The lowest BCUT2D eigenvalue weighted by Crippen LogP contribution is -2.70. The van der Waals surface area contributed by atoms with Crippen LogP contribution in [0.2, 0.25) is 0 Å². The summed E-state index contributed by atoms with van der Waals surface area (Å²) < 4.78 is 22.9. The molecule has 4 aliphatic carbocycles. The van der Waals surface area contributed by atoms with Gasteiger partial charge in [-0.1, -0.05) is 13.8 Å². The van der Waals surface area contributed by atoms with E-state index in [0.29, 0.717) is 19.3 Å². The number of Topliss-reactive ketones (excluding diaryl/α,β-unsaturated/α-hetero) is 1. The second-order valence-corrected chi connectivity index (χ2v) is 13.6. The first kappa shape index (κ1) is 27.8. The van der Waals surface area contributed by atoms with Crippen LogP contribution in [0.3, 0.4) is 0 Å². The molecule has 9 nitrogen and oxygen atoms in total. The highest BCUT2D eigenvalue weighted by Gasteiger charge is 2.73. The minimum atomic E-state index is -1.30. The Bertz CT molecular complexity index is 1040. The number of hydrogen-bond acceptors (Lipinski definition) is 9. The summed E-state index contributed by atoms with van der Waals surface area (Å²) in [6.07, 6.45) is 3.83. The minimum Gasteiger partial charge on any atom is -0.458 e. The van der Waals surface area contributed by atoms with Gasteiger partial charge in [0.25, 0.3) is 0 Å². The van der Waals surface area contributed by atoms with Gasteiger partial charge in [0.15, 0.2) is 12.1 Å². The first-order valence-corrected chi connectivity index (χ1v) is 14.8. The fraction of sp³-hybridized carbons (Fsp3) is 0.867. The van der Waals surface area contributed by atoms with Crippen molar-refractivity contribution in [3.05, 3.63) is 11.6 Å². The molecule has 6 aliphatic rings. The Hall–Kier alpha value is -1.36. The highest BCUT2D eigenvalue weighted by molar-refractivity contribution is 5.90. The number of carbonyl (C=O) groups excluding carboxylic acids is 2. The van der Waals surface area contributed by atoms with E-state index in [1.165, 1.54) is 6.08 Å². The van der Waals surface area contributed by atoms with Gasteiger partial charge in [0.1, 0.15) is 18.8 Å². The summed E-state index contributed by atoms with van der Waals surface area (Å²) in [5.74, 6) is -1.24. The van der Waals surface area contributed by atoms with E-state index in [1.54, 1.807) is 7.11 Å². The summed E-state index contributed by atoms with van der Waals surface area (Å²) in [4.78, 5) is 25.9. The van der Waals surface area contributed by atoms with E-state index >= 15 is 0 Å². The second kappa shape index (κ2) is 9.60. The molecule has 9 heteroatoms. The molecular formula is C30H44O9. The normalized spacial score (nSPS) is 53.5. The van der Waals surface area contributed by atoms with Gasteiger partial charge in [0, 0.05) is 30.9 Å². The van der Waals surface area contributed by atoms with Gasteiger partial charge in [0.2, 0.25) is 0 Å². The van der Waals surface area contributed by atoms with Crippen molar-refractivity contribution in [2.45, 2.75) is 115 Å². The zero-order chi connectivity index (χ0) is 27.9. The fourth-order valence-electron chi connectivity index (χ4n) is 9.82. The predicted octanol–water partition coefficient (Wildman–Crippen LogP) is 2.29. The zero-order valence-corrected chi connectivity index (χ0v) is 23.5. The molecule has 3 N–H and O–H groups in total. The summed E-state index contributed by atoms with van der Waals surface area (Å²) in [7, 11) is 1.59. The van der Waals surface area contributed by atoms with Gasteiger partial charge in [-0.3, -0.25) is 4.79 Å². The molecule has 2 heterocycles. The summed E-state index contributed by atoms with van der Waals surface area (Å²) >= 11 is 0. The molecule has 0 aromatic carbocycles. The first-order chi connectivity index (χ1) is 18.4. The number of fused-ring (bicyclic) bond motifs is 5. The van der Waals surface area contributed by atoms with Crippen molar-refractivity contribution in [3.8, 4) is 0 Å². The summed E-state index contributed by atoms with van der Waals surface area (Å²) in [6.45, 7) is 6.02. The molecule has 2 aliphatic heterocycles. The van der Waals surface area contributed by atoms with Crippen molar-refractivity contribution in [3.63, 3.8) is 0 Å². The number of esters is 1. The number of cyclic esters (lactones) is 1. The Balaban J connectivity index is 1.21. The number of ether oxygens (including phenoxy) is 4. The summed E-state index contributed by atoms with van der Waals surface area (Å²) in [6, 6.07) is 0. The monoisotopic (exact) mass is 548 g/mol. The maximum absolute atomic E-state index is 14.1. The van der Waals surface area contributed by atoms with E-state index in [1.807, 2.05) is 13.8 Å². The molecule has 6 rings (SSSR count). The van der Waals surface area contributed by atoms with Crippen LogP contribution < -0.4 is 0 Å². The Morgan fingerprint density at radius 3 is 2.51 bits per heavy atom. The van der Waals surface area contributed by atoms with E-state index in [0.717, 1.165) is 37.7 Å². The van der Waals surface area contributed by atoms with Crippen LogP contribution in [0, 0.1) is 34.5 Å². The third-order valence-electron chi connectivity index (χ3n) is 12.1. The van der Waals surface area contributed by atoms with Gasteiger partial charge >= 0.3 is 5.97 Å². The molecule has 5 fully saturated rings. The Morgan fingerprint density at radius 2 is 1.82 bits per heavy atom. The molecule has 0 radical (unpaired) electrons. The molecular weight excluding hydrogens is 504 g/mol. The third kappa shape index (κ3) is 3.94. The van der Waals surface area contributed by atoms with Crippen molar-refractivity contribution >= 4 is 11.8 Å². The largest absolute Gasteiger partial charge is 0.458 e. The lowest BCUT2D eigenvalue weighted by Gasteiger charge is -2.64. The Kier molecular flexibility index (Phi) is 6.84. The Morgan fingerprint density at radius 1 is 1.05 bits per heavy atom. The van der Waals surface area contributed by atoms with Crippen molar-refractivity contribution in [1.82, 2.24) is 0 Å². The molecule has 39 heavy (non-hydrogen) atoms.